The first-order valence-corrected chi connectivity index (χ1v) is 6.89. The molecule has 1 amide bonds. The van der Waals surface area contributed by atoms with Gasteiger partial charge in [0.15, 0.2) is 0 Å². The summed E-state index contributed by atoms with van der Waals surface area (Å²) in [5, 5.41) is 0. The minimum Gasteiger partial charge on any atom is -0.378 e. The SMILES string of the molecule is NCCC1CCN(C(=O)CC2CCCO2)CC1. The van der Waals surface area contributed by atoms with E-state index >= 15 is 0 Å². The second-order valence-electron chi connectivity index (χ2n) is 5.24. The summed E-state index contributed by atoms with van der Waals surface area (Å²) in [5.74, 6) is 1.01. The monoisotopic (exact) mass is 240 g/mol. The summed E-state index contributed by atoms with van der Waals surface area (Å²) < 4.78 is 5.51. The number of carbonyl (C=O) groups is 1. The largest absolute Gasteiger partial charge is 0.378 e. The van der Waals surface area contributed by atoms with Crippen molar-refractivity contribution in [3.8, 4) is 0 Å². The number of nitrogens with zero attached hydrogens (tertiary/aromatic N) is 1. The van der Waals surface area contributed by atoms with Gasteiger partial charge in [-0.05, 0) is 44.6 Å². The molecule has 0 aliphatic carbocycles. The average molecular weight is 240 g/mol. The fourth-order valence-electron chi connectivity index (χ4n) is 2.84. The van der Waals surface area contributed by atoms with Crippen molar-refractivity contribution in [2.24, 2.45) is 11.7 Å². The Labute approximate surface area is 103 Å². The number of hydrogen-bond acceptors (Lipinski definition) is 3. The van der Waals surface area contributed by atoms with Crippen LogP contribution in [0, 0.1) is 5.92 Å². The van der Waals surface area contributed by atoms with Crippen LogP contribution < -0.4 is 5.73 Å². The maximum absolute atomic E-state index is 12.0. The number of likely N-dealkylation sites (tertiary alicyclic amines) is 1. The maximum Gasteiger partial charge on any atom is 0.225 e. The van der Waals surface area contributed by atoms with E-state index in [0.717, 1.165) is 64.3 Å². The molecule has 0 aromatic heterocycles. The molecular weight excluding hydrogens is 216 g/mol. The minimum absolute atomic E-state index is 0.185. The van der Waals surface area contributed by atoms with E-state index < -0.39 is 0 Å². The van der Waals surface area contributed by atoms with Crippen LogP contribution in [0.2, 0.25) is 0 Å². The summed E-state index contributed by atoms with van der Waals surface area (Å²) in [7, 11) is 0. The van der Waals surface area contributed by atoms with Gasteiger partial charge in [0.25, 0.3) is 0 Å². The van der Waals surface area contributed by atoms with Crippen molar-refractivity contribution in [1.82, 2.24) is 4.90 Å². The van der Waals surface area contributed by atoms with Crippen LogP contribution in [0.25, 0.3) is 0 Å². The summed E-state index contributed by atoms with van der Waals surface area (Å²) in [6.07, 6.45) is 6.27. The normalized spacial score (nSPS) is 26.4. The van der Waals surface area contributed by atoms with Crippen LogP contribution in [0.15, 0.2) is 0 Å². The van der Waals surface area contributed by atoms with Gasteiger partial charge in [0.05, 0.1) is 12.5 Å². The van der Waals surface area contributed by atoms with E-state index in [-0.39, 0.29) is 12.0 Å². The Bertz CT molecular complexity index is 244. The van der Waals surface area contributed by atoms with E-state index in [1.807, 2.05) is 4.90 Å². The Kier molecular flexibility index (Phi) is 4.80. The third-order valence-electron chi connectivity index (χ3n) is 3.97. The second-order valence-corrected chi connectivity index (χ2v) is 5.24. The Balaban J connectivity index is 1.70. The Morgan fingerprint density at radius 2 is 2.06 bits per heavy atom. The molecule has 0 aromatic rings. The van der Waals surface area contributed by atoms with Gasteiger partial charge in [-0.25, -0.2) is 0 Å². The summed E-state index contributed by atoms with van der Waals surface area (Å²) >= 11 is 0. The molecule has 2 aliphatic rings. The first-order chi connectivity index (χ1) is 8.29. The molecule has 0 spiro atoms. The second kappa shape index (κ2) is 6.36. The van der Waals surface area contributed by atoms with E-state index in [9.17, 15) is 4.79 Å². The lowest BCUT2D eigenvalue weighted by Gasteiger charge is -2.32. The third-order valence-corrected chi connectivity index (χ3v) is 3.97. The molecule has 2 saturated heterocycles. The van der Waals surface area contributed by atoms with Gasteiger partial charge in [-0.3, -0.25) is 4.79 Å². The minimum atomic E-state index is 0.185. The topological polar surface area (TPSA) is 55.6 Å². The van der Waals surface area contributed by atoms with Crippen molar-refractivity contribution < 1.29 is 9.53 Å². The van der Waals surface area contributed by atoms with E-state index in [1.165, 1.54) is 0 Å². The molecule has 2 fully saturated rings. The molecule has 2 heterocycles. The molecule has 0 aromatic carbocycles. The van der Waals surface area contributed by atoms with Crippen molar-refractivity contribution in [3.05, 3.63) is 0 Å². The highest BCUT2D eigenvalue weighted by Gasteiger charge is 2.25. The Hall–Kier alpha value is -0.610. The molecule has 17 heavy (non-hydrogen) atoms. The van der Waals surface area contributed by atoms with E-state index in [0.29, 0.717) is 6.42 Å². The molecule has 4 heteroatoms. The van der Waals surface area contributed by atoms with E-state index in [1.54, 1.807) is 0 Å². The van der Waals surface area contributed by atoms with Crippen LogP contribution in [0.5, 0.6) is 0 Å². The van der Waals surface area contributed by atoms with E-state index in [4.69, 9.17) is 10.5 Å². The molecule has 4 nitrogen and oxygen atoms in total. The quantitative estimate of drug-likeness (QED) is 0.802. The number of piperidine rings is 1. The van der Waals surface area contributed by atoms with Gasteiger partial charge in [0, 0.05) is 19.7 Å². The number of ether oxygens (including phenoxy) is 1. The maximum atomic E-state index is 12.0. The lowest BCUT2D eigenvalue weighted by atomic mass is 9.93. The van der Waals surface area contributed by atoms with Crippen LogP contribution in [0.4, 0.5) is 0 Å². The summed E-state index contributed by atoms with van der Waals surface area (Å²) in [4.78, 5) is 14.0. The highest BCUT2D eigenvalue weighted by molar-refractivity contribution is 5.76. The zero-order valence-corrected chi connectivity index (χ0v) is 10.6. The zero-order chi connectivity index (χ0) is 12.1. The fraction of sp³-hybridized carbons (Fsp3) is 0.923. The van der Waals surface area contributed by atoms with Crippen molar-refractivity contribution in [3.63, 3.8) is 0 Å². The summed E-state index contributed by atoms with van der Waals surface area (Å²) in [6.45, 7) is 3.43. The van der Waals surface area contributed by atoms with Crippen molar-refractivity contribution in [2.75, 3.05) is 26.2 Å². The van der Waals surface area contributed by atoms with Gasteiger partial charge < -0.3 is 15.4 Å². The summed E-state index contributed by atoms with van der Waals surface area (Å²) in [5.41, 5.74) is 5.57. The van der Waals surface area contributed by atoms with Gasteiger partial charge in [-0.1, -0.05) is 0 Å². The highest BCUT2D eigenvalue weighted by Crippen LogP contribution is 2.22. The number of rotatable bonds is 4. The van der Waals surface area contributed by atoms with Gasteiger partial charge in [-0.15, -0.1) is 0 Å². The molecule has 0 saturated carbocycles. The average Bonchev–Trinajstić information content (AvgIpc) is 2.83. The molecule has 0 radical (unpaired) electrons. The Morgan fingerprint density at radius 3 is 2.65 bits per heavy atom. The molecular formula is C13H24N2O2. The van der Waals surface area contributed by atoms with Crippen LogP contribution in [-0.2, 0) is 9.53 Å². The number of nitrogens with two attached hydrogens (primary N) is 1. The van der Waals surface area contributed by atoms with Crippen LogP contribution in [0.1, 0.15) is 38.5 Å². The molecule has 2 N–H and O–H groups in total. The molecule has 98 valence electrons. The predicted molar refractivity (Wildman–Crippen MR) is 66.6 cm³/mol. The number of carbonyl (C=O) groups excluding carboxylic acids is 1. The van der Waals surface area contributed by atoms with E-state index in [2.05, 4.69) is 0 Å². The van der Waals surface area contributed by atoms with Gasteiger partial charge in [0.2, 0.25) is 5.91 Å². The molecule has 2 rings (SSSR count). The first-order valence-electron chi connectivity index (χ1n) is 6.89. The van der Waals surface area contributed by atoms with Gasteiger partial charge in [-0.2, -0.15) is 0 Å². The highest BCUT2D eigenvalue weighted by atomic mass is 16.5. The zero-order valence-electron chi connectivity index (χ0n) is 10.6. The van der Waals surface area contributed by atoms with Crippen LogP contribution >= 0.6 is 0 Å². The molecule has 2 aliphatic heterocycles. The first kappa shape index (κ1) is 12.8. The number of hydrogen-bond donors (Lipinski definition) is 1. The molecule has 1 atom stereocenters. The van der Waals surface area contributed by atoms with Crippen LogP contribution in [-0.4, -0.2) is 43.2 Å². The van der Waals surface area contributed by atoms with Crippen molar-refractivity contribution >= 4 is 5.91 Å². The van der Waals surface area contributed by atoms with Crippen LogP contribution in [0.3, 0.4) is 0 Å². The third kappa shape index (κ3) is 3.68. The smallest absolute Gasteiger partial charge is 0.225 e. The molecule has 0 bridgehead atoms. The Morgan fingerprint density at radius 1 is 1.29 bits per heavy atom. The van der Waals surface area contributed by atoms with Crippen molar-refractivity contribution in [1.29, 1.82) is 0 Å². The van der Waals surface area contributed by atoms with Gasteiger partial charge >= 0.3 is 0 Å². The van der Waals surface area contributed by atoms with Gasteiger partial charge in [0.1, 0.15) is 0 Å². The number of amides is 1. The molecule has 1 unspecified atom stereocenters. The lowest BCUT2D eigenvalue weighted by molar-refractivity contribution is -0.134. The fourth-order valence-corrected chi connectivity index (χ4v) is 2.84. The predicted octanol–water partition coefficient (Wildman–Crippen LogP) is 1.14. The lowest BCUT2D eigenvalue weighted by Crippen LogP contribution is -2.40. The summed E-state index contributed by atoms with van der Waals surface area (Å²) in [6, 6.07) is 0. The van der Waals surface area contributed by atoms with Crippen molar-refractivity contribution in [2.45, 2.75) is 44.6 Å². The standard InChI is InChI=1S/C13H24N2O2/c14-6-3-11-4-7-15(8-5-11)13(16)10-12-2-1-9-17-12/h11-12H,1-10,14H2.